The van der Waals surface area contributed by atoms with Crippen LogP contribution in [0.4, 0.5) is 0 Å². The van der Waals surface area contributed by atoms with Gasteiger partial charge in [-0.05, 0) is 40.9 Å². The summed E-state index contributed by atoms with van der Waals surface area (Å²) in [4.78, 5) is 25.0. The number of thioether (sulfide) groups is 1. The maximum atomic E-state index is 11.5. The molecule has 0 saturated heterocycles. The first-order valence-corrected chi connectivity index (χ1v) is 8.35. The van der Waals surface area contributed by atoms with E-state index in [1.807, 2.05) is 27.9 Å². The number of nitrogens with one attached hydrogen (secondary N) is 2. The van der Waals surface area contributed by atoms with Crippen LogP contribution in [-0.4, -0.2) is 61.4 Å². The minimum absolute atomic E-state index is 0.0839. The van der Waals surface area contributed by atoms with E-state index in [0.717, 1.165) is 31.0 Å². The van der Waals surface area contributed by atoms with E-state index in [-0.39, 0.29) is 17.9 Å². The van der Waals surface area contributed by atoms with Gasteiger partial charge in [-0.15, -0.1) is 0 Å². The molecule has 0 heterocycles. The summed E-state index contributed by atoms with van der Waals surface area (Å²) in [5.74, 6) is 1.73. The molecule has 0 aliphatic rings. The maximum Gasteiger partial charge on any atom is 0.221 e. The topological polar surface area (TPSA) is 61.4 Å². The zero-order valence-electron chi connectivity index (χ0n) is 13.2. The highest BCUT2D eigenvalue weighted by Gasteiger charge is 2.04. The summed E-state index contributed by atoms with van der Waals surface area (Å²) in [6.45, 7) is 5.62. The Bertz CT molecular complexity index is 284. The van der Waals surface area contributed by atoms with Gasteiger partial charge >= 0.3 is 0 Å². The molecule has 6 heteroatoms. The van der Waals surface area contributed by atoms with Crippen molar-refractivity contribution in [3.63, 3.8) is 0 Å². The van der Waals surface area contributed by atoms with Gasteiger partial charge in [-0.1, -0.05) is 0 Å². The number of nitrogens with zero attached hydrogens (tertiary/aromatic N) is 1. The molecule has 118 valence electrons. The normalized spacial score (nSPS) is 10.9. The monoisotopic (exact) mass is 303 g/mol. The molecule has 0 unspecified atom stereocenters. The lowest BCUT2D eigenvalue weighted by atomic mass is 10.3. The standard InChI is InChI=1S/C14H29N3O2S/c1-12(2)16-14(19)7-11-20-10-6-13(18)15-8-5-9-17(3)4/h12H,5-11H2,1-4H3,(H,15,18)(H,16,19). The van der Waals surface area contributed by atoms with Crippen LogP contribution in [0.5, 0.6) is 0 Å². The second-order valence-corrected chi connectivity index (χ2v) is 6.57. The zero-order chi connectivity index (χ0) is 15.4. The molecule has 0 aromatic heterocycles. The van der Waals surface area contributed by atoms with Gasteiger partial charge in [-0.2, -0.15) is 11.8 Å². The van der Waals surface area contributed by atoms with Crippen LogP contribution in [0, 0.1) is 0 Å². The Hall–Kier alpha value is -0.750. The van der Waals surface area contributed by atoms with Gasteiger partial charge in [0.25, 0.3) is 0 Å². The van der Waals surface area contributed by atoms with Gasteiger partial charge < -0.3 is 15.5 Å². The highest BCUT2D eigenvalue weighted by molar-refractivity contribution is 7.99. The molecule has 0 radical (unpaired) electrons. The van der Waals surface area contributed by atoms with E-state index in [0.29, 0.717) is 12.8 Å². The molecule has 0 atom stereocenters. The van der Waals surface area contributed by atoms with Crippen molar-refractivity contribution in [2.24, 2.45) is 0 Å². The Morgan fingerprint density at radius 3 is 2.25 bits per heavy atom. The predicted octanol–water partition coefficient (Wildman–Crippen LogP) is 1.09. The van der Waals surface area contributed by atoms with Crippen molar-refractivity contribution in [1.82, 2.24) is 15.5 Å². The summed E-state index contributed by atoms with van der Waals surface area (Å²) in [5, 5.41) is 5.76. The second kappa shape index (κ2) is 12.0. The summed E-state index contributed by atoms with van der Waals surface area (Å²) in [6, 6.07) is 0.195. The van der Waals surface area contributed by atoms with Crippen molar-refractivity contribution < 1.29 is 9.59 Å². The molecule has 0 fully saturated rings. The van der Waals surface area contributed by atoms with Crippen molar-refractivity contribution >= 4 is 23.6 Å². The number of hydrogen-bond acceptors (Lipinski definition) is 4. The lowest BCUT2D eigenvalue weighted by molar-refractivity contribution is -0.121. The fourth-order valence-corrected chi connectivity index (χ4v) is 2.40. The average molecular weight is 303 g/mol. The average Bonchev–Trinajstić information content (AvgIpc) is 2.33. The summed E-state index contributed by atoms with van der Waals surface area (Å²) < 4.78 is 0. The number of amides is 2. The van der Waals surface area contributed by atoms with Gasteiger partial charge in [0.15, 0.2) is 0 Å². The molecule has 0 aliphatic heterocycles. The highest BCUT2D eigenvalue weighted by atomic mass is 32.2. The van der Waals surface area contributed by atoms with Gasteiger partial charge in [0.1, 0.15) is 0 Å². The third kappa shape index (κ3) is 13.7. The predicted molar refractivity (Wildman–Crippen MR) is 86.0 cm³/mol. The van der Waals surface area contributed by atoms with Crippen molar-refractivity contribution in [3.05, 3.63) is 0 Å². The van der Waals surface area contributed by atoms with E-state index in [1.54, 1.807) is 11.8 Å². The molecule has 0 rings (SSSR count). The molecule has 20 heavy (non-hydrogen) atoms. The van der Waals surface area contributed by atoms with E-state index < -0.39 is 0 Å². The minimum atomic E-state index is 0.0839. The first kappa shape index (κ1) is 19.2. The van der Waals surface area contributed by atoms with Crippen LogP contribution in [0.25, 0.3) is 0 Å². The van der Waals surface area contributed by atoms with Crippen LogP contribution in [0.3, 0.4) is 0 Å². The SMILES string of the molecule is CC(C)NC(=O)CCSCCC(=O)NCCCN(C)C. The highest BCUT2D eigenvalue weighted by Crippen LogP contribution is 2.04. The molecule has 2 N–H and O–H groups in total. The quantitative estimate of drug-likeness (QED) is 0.561. The molecule has 0 aromatic rings. The largest absolute Gasteiger partial charge is 0.356 e. The van der Waals surface area contributed by atoms with Crippen molar-refractivity contribution in [1.29, 1.82) is 0 Å². The van der Waals surface area contributed by atoms with Crippen LogP contribution in [0.1, 0.15) is 33.1 Å². The number of carbonyl (C=O) groups is 2. The summed E-state index contributed by atoms with van der Waals surface area (Å²) >= 11 is 1.65. The Balaban J connectivity index is 3.37. The van der Waals surface area contributed by atoms with Gasteiger partial charge in [0, 0.05) is 36.9 Å². The third-order valence-corrected chi connectivity index (χ3v) is 3.49. The van der Waals surface area contributed by atoms with E-state index >= 15 is 0 Å². The Morgan fingerprint density at radius 2 is 1.70 bits per heavy atom. The molecular formula is C14H29N3O2S. The molecule has 0 spiro atoms. The molecule has 0 aromatic carbocycles. The smallest absolute Gasteiger partial charge is 0.221 e. The second-order valence-electron chi connectivity index (χ2n) is 5.34. The lowest BCUT2D eigenvalue weighted by Gasteiger charge is -2.10. The molecule has 0 saturated carbocycles. The Labute approximate surface area is 127 Å². The van der Waals surface area contributed by atoms with Crippen LogP contribution in [0.2, 0.25) is 0 Å². The zero-order valence-corrected chi connectivity index (χ0v) is 14.0. The van der Waals surface area contributed by atoms with Crippen molar-refractivity contribution in [2.45, 2.75) is 39.2 Å². The first-order chi connectivity index (χ1) is 9.41. The Morgan fingerprint density at radius 1 is 1.10 bits per heavy atom. The van der Waals surface area contributed by atoms with Gasteiger partial charge in [-0.25, -0.2) is 0 Å². The van der Waals surface area contributed by atoms with Gasteiger partial charge in [0.2, 0.25) is 11.8 Å². The first-order valence-electron chi connectivity index (χ1n) is 7.20. The van der Waals surface area contributed by atoms with E-state index in [2.05, 4.69) is 15.5 Å². The number of hydrogen-bond donors (Lipinski definition) is 2. The van der Waals surface area contributed by atoms with Crippen molar-refractivity contribution in [2.75, 3.05) is 38.7 Å². The van der Waals surface area contributed by atoms with Crippen LogP contribution in [0.15, 0.2) is 0 Å². The van der Waals surface area contributed by atoms with Gasteiger partial charge in [-0.3, -0.25) is 9.59 Å². The molecule has 0 aliphatic carbocycles. The maximum absolute atomic E-state index is 11.5. The van der Waals surface area contributed by atoms with E-state index in [1.165, 1.54) is 0 Å². The van der Waals surface area contributed by atoms with Gasteiger partial charge in [0.05, 0.1) is 0 Å². The van der Waals surface area contributed by atoms with Crippen LogP contribution in [-0.2, 0) is 9.59 Å². The molecule has 2 amide bonds. The summed E-state index contributed by atoms with van der Waals surface area (Å²) in [6.07, 6.45) is 2.02. The fraction of sp³-hybridized carbons (Fsp3) is 0.857. The Kier molecular flexibility index (Phi) is 11.6. The lowest BCUT2D eigenvalue weighted by Crippen LogP contribution is -2.30. The fourth-order valence-electron chi connectivity index (χ4n) is 1.54. The van der Waals surface area contributed by atoms with Crippen LogP contribution < -0.4 is 10.6 Å². The number of carbonyl (C=O) groups excluding carboxylic acids is 2. The molecular weight excluding hydrogens is 274 g/mol. The molecule has 5 nitrogen and oxygen atoms in total. The van der Waals surface area contributed by atoms with Crippen LogP contribution >= 0.6 is 11.8 Å². The molecule has 0 bridgehead atoms. The minimum Gasteiger partial charge on any atom is -0.356 e. The number of rotatable bonds is 11. The third-order valence-electron chi connectivity index (χ3n) is 2.50. The van der Waals surface area contributed by atoms with E-state index in [4.69, 9.17) is 0 Å². The summed E-state index contributed by atoms with van der Waals surface area (Å²) in [5.41, 5.74) is 0. The summed E-state index contributed by atoms with van der Waals surface area (Å²) in [7, 11) is 4.04. The van der Waals surface area contributed by atoms with E-state index in [9.17, 15) is 9.59 Å². The van der Waals surface area contributed by atoms with Crippen molar-refractivity contribution in [3.8, 4) is 0 Å².